The number of hydrogen-bond donors (Lipinski definition) is 2. The van der Waals surface area contributed by atoms with E-state index in [2.05, 4.69) is 5.32 Å². The van der Waals surface area contributed by atoms with Crippen molar-refractivity contribution in [2.24, 2.45) is 0 Å². The third kappa shape index (κ3) is 4.25. The first-order valence-electron chi connectivity index (χ1n) is 6.50. The van der Waals surface area contributed by atoms with E-state index in [9.17, 15) is 9.59 Å². The first kappa shape index (κ1) is 14.9. The summed E-state index contributed by atoms with van der Waals surface area (Å²) in [5.74, 6) is -0.451. The van der Waals surface area contributed by atoms with Crippen LogP contribution in [0.15, 0.2) is 35.2 Å². The van der Waals surface area contributed by atoms with Crippen molar-refractivity contribution in [2.75, 3.05) is 12.3 Å². The molecule has 20 heavy (non-hydrogen) atoms. The Morgan fingerprint density at radius 2 is 1.95 bits per heavy atom. The second-order valence-electron chi connectivity index (χ2n) is 4.48. The minimum absolute atomic E-state index is 0.220. The summed E-state index contributed by atoms with van der Waals surface area (Å²) in [4.78, 5) is 23.7. The zero-order valence-corrected chi connectivity index (χ0v) is 11.8. The molecule has 1 amide bonds. The molecule has 2 N–H and O–H groups in total. The molecule has 1 saturated heterocycles. The van der Waals surface area contributed by atoms with Crippen LogP contribution >= 0.6 is 11.8 Å². The van der Waals surface area contributed by atoms with Crippen molar-refractivity contribution in [3.05, 3.63) is 30.3 Å². The molecule has 1 fully saturated rings. The maximum Gasteiger partial charge on any atom is 0.332 e. The molecular weight excluding hydrogens is 278 g/mol. The summed E-state index contributed by atoms with van der Waals surface area (Å²) >= 11 is 1.66. The topological polar surface area (TPSA) is 75.6 Å². The van der Waals surface area contributed by atoms with E-state index in [0.717, 1.165) is 10.6 Å². The summed E-state index contributed by atoms with van der Waals surface area (Å²) in [6, 6.07) is 9.94. The maximum absolute atomic E-state index is 11.8. The molecule has 0 bridgehead atoms. The number of carboxylic acid groups (broad SMARTS) is 1. The first-order chi connectivity index (χ1) is 9.66. The van der Waals surface area contributed by atoms with Crippen LogP contribution in [-0.4, -0.2) is 41.5 Å². The van der Waals surface area contributed by atoms with Crippen LogP contribution in [0.5, 0.6) is 0 Å². The van der Waals surface area contributed by atoms with E-state index in [1.54, 1.807) is 11.8 Å². The quantitative estimate of drug-likeness (QED) is 0.615. The Labute approximate surface area is 121 Å². The van der Waals surface area contributed by atoms with Crippen molar-refractivity contribution < 1.29 is 19.4 Å². The molecule has 2 atom stereocenters. The molecule has 0 spiro atoms. The Balaban J connectivity index is 1.65. The Bertz CT molecular complexity index is 466. The standard InChI is InChI=1S/C14H17NO4S/c16-13(11-6-7-12(19-11)14(17)18)15-8-9-20-10-4-2-1-3-5-10/h1-5,11-12H,6-9H2,(H,15,16)(H,17,18)/t11-,12+/m0/s1. The summed E-state index contributed by atoms with van der Waals surface area (Å²) in [5, 5.41) is 11.6. The van der Waals surface area contributed by atoms with Crippen molar-refractivity contribution >= 4 is 23.6 Å². The van der Waals surface area contributed by atoms with E-state index in [4.69, 9.17) is 9.84 Å². The average molecular weight is 295 g/mol. The number of carbonyl (C=O) groups excluding carboxylic acids is 1. The summed E-state index contributed by atoms with van der Waals surface area (Å²) in [5.41, 5.74) is 0. The summed E-state index contributed by atoms with van der Waals surface area (Å²) < 4.78 is 5.18. The van der Waals surface area contributed by atoms with Gasteiger partial charge in [-0.1, -0.05) is 18.2 Å². The summed E-state index contributed by atoms with van der Waals surface area (Å²) in [6.07, 6.45) is -0.608. The molecule has 5 nitrogen and oxygen atoms in total. The lowest BCUT2D eigenvalue weighted by molar-refractivity contribution is -0.151. The number of hydrogen-bond acceptors (Lipinski definition) is 4. The van der Waals surface area contributed by atoms with Crippen LogP contribution in [0.3, 0.4) is 0 Å². The van der Waals surface area contributed by atoms with Crippen LogP contribution in [0.25, 0.3) is 0 Å². The zero-order valence-electron chi connectivity index (χ0n) is 11.0. The van der Waals surface area contributed by atoms with Gasteiger partial charge in [-0.25, -0.2) is 4.79 Å². The van der Waals surface area contributed by atoms with Crippen molar-refractivity contribution in [2.45, 2.75) is 29.9 Å². The fourth-order valence-electron chi connectivity index (χ4n) is 1.99. The van der Waals surface area contributed by atoms with Gasteiger partial charge in [-0.2, -0.15) is 0 Å². The fourth-order valence-corrected chi connectivity index (χ4v) is 2.77. The molecule has 1 heterocycles. The zero-order chi connectivity index (χ0) is 14.4. The number of aliphatic carboxylic acids is 1. The fraction of sp³-hybridized carbons (Fsp3) is 0.429. The molecular formula is C14H17NO4S. The molecule has 1 aromatic rings. The monoisotopic (exact) mass is 295 g/mol. The largest absolute Gasteiger partial charge is 0.479 e. The lowest BCUT2D eigenvalue weighted by atomic mass is 10.2. The SMILES string of the molecule is O=C(NCCSc1ccccc1)[C@@H]1CC[C@H](C(=O)O)O1. The molecule has 0 unspecified atom stereocenters. The van der Waals surface area contributed by atoms with Gasteiger partial charge in [0.15, 0.2) is 6.10 Å². The smallest absolute Gasteiger partial charge is 0.332 e. The van der Waals surface area contributed by atoms with Gasteiger partial charge in [-0.05, 0) is 25.0 Å². The average Bonchev–Trinajstić information content (AvgIpc) is 2.94. The van der Waals surface area contributed by atoms with Crippen molar-refractivity contribution in [1.82, 2.24) is 5.32 Å². The van der Waals surface area contributed by atoms with Gasteiger partial charge in [0.25, 0.3) is 0 Å². The minimum atomic E-state index is -1.00. The van der Waals surface area contributed by atoms with Crippen LogP contribution in [0.1, 0.15) is 12.8 Å². The Morgan fingerprint density at radius 1 is 1.25 bits per heavy atom. The number of thioether (sulfide) groups is 1. The van der Waals surface area contributed by atoms with Crippen molar-refractivity contribution in [3.63, 3.8) is 0 Å². The highest BCUT2D eigenvalue weighted by molar-refractivity contribution is 7.99. The second-order valence-corrected chi connectivity index (χ2v) is 5.65. The van der Waals surface area contributed by atoms with Crippen LogP contribution in [-0.2, 0) is 14.3 Å². The molecule has 0 aromatic heterocycles. The van der Waals surface area contributed by atoms with Crippen LogP contribution < -0.4 is 5.32 Å². The molecule has 1 aliphatic heterocycles. The molecule has 1 aromatic carbocycles. The lowest BCUT2D eigenvalue weighted by Crippen LogP contribution is -2.36. The molecule has 0 radical (unpaired) electrons. The highest BCUT2D eigenvalue weighted by Gasteiger charge is 2.34. The maximum atomic E-state index is 11.8. The predicted molar refractivity (Wildman–Crippen MR) is 75.7 cm³/mol. The number of ether oxygens (including phenoxy) is 1. The number of nitrogens with one attached hydrogen (secondary N) is 1. The van der Waals surface area contributed by atoms with Gasteiger partial charge in [-0.15, -0.1) is 11.8 Å². The van der Waals surface area contributed by atoms with Gasteiger partial charge in [-0.3, -0.25) is 4.79 Å². The number of rotatable bonds is 6. The normalized spacial score (nSPS) is 21.6. The van der Waals surface area contributed by atoms with Gasteiger partial charge >= 0.3 is 5.97 Å². The number of benzene rings is 1. The molecule has 0 aliphatic carbocycles. The van der Waals surface area contributed by atoms with Gasteiger partial charge < -0.3 is 15.2 Å². The Hall–Kier alpha value is -1.53. The molecule has 6 heteroatoms. The van der Waals surface area contributed by atoms with Crippen LogP contribution in [0, 0.1) is 0 Å². The van der Waals surface area contributed by atoms with Gasteiger partial charge in [0.2, 0.25) is 5.91 Å². The molecule has 1 aliphatic rings. The molecule has 0 saturated carbocycles. The van der Waals surface area contributed by atoms with Gasteiger partial charge in [0, 0.05) is 17.2 Å². The summed E-state index contributed by atoms with van der Waals surface area (Å²) in [6.45, 7) is 0.538. The van der Waals surface area contributed by atoms with E-state index >= 15 is 0 Å². The first-order valence-corrected chi connectivity index (χ1v) is 7.49. The summed E-state index contributed by atoms with van der Waals surface area (Å²) in [7, 11) is 0. The second kappa shape index (κ2) is 7.31. The predicted octanol–water partition coefficient (Wildman–Crippen LogP) is 1.53. The number of carbonyl (C=O) groups is 2. The van der Waals surface area contributed by atoms with Gasteiger partial charge in [0.05, 0.1) is 0 Å². The Kier molecular flexibility index (Phi) is 5.43. The van der Waals surface area contributed by atoms with E-state index in [1.165, 1.54) is 0 Å². The van der Waals surface area contributed by atoms with E-state index < -0.39 is 18.2 Å². The highest BCUT2D eigenvalue weighted by atomic mass is 32.2. The molecule has 108 valence electrons. The van der Waals surface area contributed by atoms with E-state index in [1.807, 2.05) is 30.3 Å². The van der Waals surface area contributed by atoms with Crippen LogP contribution in [0.2, 0.25) is 0 Å². The number of amides is 1. The van der Waals surface area contributed by atoms with Crippen molar-refractivity contribution in [3.8, 4) is 0 Å². The van der Waals surface area contributed by atoms with E-state index in [0.29, 0.717) is 19.4 Å². The lowest BCUT2D eigenvalue weighted by Gasteiger charge is -2.11. The third-order valence-electron chi connectivity index (χ3n) is 3.00. The highest BCUT2D eigenvalue weighted by Crippen LogP contribution is 2.20. The third-order valence-corrected chi connectivity index (χ3v) is 4.01. The molecule has 2 rings (SSSR count). The van der Waals surface area contributed by atoms with E-state index in [-0.39, 0.29) is 5.91 Å². The minimum Gasteiger partial charge on any atom is -0.479 e. The van der Waals surface area contributed by atoms with Crippen molar-refractivity contribution in [1.29, 1.82) is 0 Å². The van der Waals surface area contributed by atoms with Gasteiger partial charge in [0.1, 0.15) is 6.10 Å². The Morgan fingerprint density at radius 3 is 2.60 bits per heavy atom. The number of carboxylic acids is 1. The van der Waals surface area contributed by atoms with Crippen LogP contribution in [0.4, 0.5) is 0 Å².